The number of carbonyl (C=O) groups is 2. The molecule has 0 aromatic heterocycles. The number of morpholine rings is 1. The summed E-state index contributed by atoms with van der Waals surface area (Å²) in [4.78, 5) is 28.0. The summed E-state index contributed by atoms with van der Waals surface area (Å²) in [6.45, 7) is 5.49. The molecule has 8 nitrogen and oxygen atoms in total. The number of hydrogen-bond acceptors (Lipinski definition) is 4. The van der Waals surface area contributed by atoms with Gasteiger partial charge < -0.3 is 25.0 Å². The van der Waals surface area contributed by atoms with Crippen LogP contribution in [0.1, 0.15) is 18.5 Å². The molecule has 3 aliphatic heterocycles. The number of hydrogen-bond donors (Lipinski definition) is 2. The van der Waals surface area contributed by atoms with Gasteiger partial charge >= 0.3 is 12.1 Å². The smallest absolute Gasteiger partial charge is 0.321 e. The molecule has 3 atom stereocenters. The van der Waals surface area contributed by atoms with Gasteiger partial charge in [0.1, 0.15) is 6.10 Å². The quantitative estimate of drug-likeness (QED) is 0.845. The summed E-state index contributed by atoms with van der Waals surface area (Å²) in [5, 5.41) is 5.85. The first-order chi connectivity index (χ1) is 12.6. The number of ether oxygens (including phenoxy) is 2. The van der Waals surface area contributed by atoms with E-state index in [9.17, 15) is 9.59 Å². The monoisotopic (exact) mass is 360 g/mol. The minimum absolute atomic E-state index is 0.00740. The summed E-state index contributed by atoms with van der Waals surface area (Å²) in [5.41, 5.74) is 1.86. The lowest BCUT2D eigenvalue weighted by Crippen LogP contribution is -2.56. The first-order valence-corrected chi connectivity index (χ1v) is 9.05. The van der Waals surface area contributed by atoms with E-state index >= 15 is 0 Å². The zero-order valence-electron chi connectivity index (χ0n) is 14.8. The second kappa shape index (κ2) is 7.13. The molecule has 3 fully saturated rings. The zero-order chi connectivity index (χ0) is 18.1. The molecule has 2 N–H and O–H groups in total. The lowest BCUT2D eigenvalue weighted by molar-refractivity contribution is -0.0320. The Morgan fingerprint density at radius 2 is 2.08 bits per heavy atom. The molecule has 0 saturated carbocycles. The molecule has 0 bridgehead atoms. The molecule has 3 heterocycles. The molecule has 1 unspecified atom stereocenters. The molecule has 26 heavy (non-hydrogen) atoms. The molecule has 3 saturated heterocycles. The SMILES string of the molecule is CC(NC(=O)N1CCO[C@@H]2COC[C@H]21)c1ccc(N2CCNC2=O)cc1. The number of benzene rings is 1. The van der Waals surface area contributed by atoms with Gasteiger partial charge in [-0.25, -0.2) is 9.59 Å². The highest BCUT2D eigenvalue weighted by molar-refractivity contribution is 5.94. The van der Waals surface area contributed by atoms with Crippen LogP contribution in [0.4, 0.5) is 15.3 Å². The Labute approximate surface area is 152 Å². The Morgan fingerprint density at radius 3 is 2.81 bits per heavy atom. The van der Waals surface area contributed by atoms with Crippen molar-refractivity contribution in [2.24, 2.45) is 0 Å². The van der Waals surface area contributed by atoms with Crippen molar-refractivity contribution in [3.8, 4) is 0 Å². The lowest BCUT2D eigenvalue weighted by atomic mass is 10.1. The first-order valence-electron chi connectivity index (χ1n) is 9.05. The minimum atomic E-state index is -0.132. The highest BCUT2D eigenvalue weighted by Crippen LogP contribution is 2.23. The van der Waals surface area contributed by atoms with Crippen LogP contribution in [0.2, 0.25) is 0 Å². The maximum Gasteiger partial charge on any atom is 0.321 e. The second-order valence-electron chi connectivity index (χ2n) is 6.85. The molecule has 8 heteroatoms. The zero-order valence-corrected chi connectivity index (χ0v) is 14.8. The van der Waals surface area contributed by atoms with Gasteiger partial charge in [-0.2, -0.15) is 0 Å². The van der Waals surface area contributed by atoms with Crippen LogP contribution in [0.15, 0.2) is 24.3 Å². The van der Waals surface area contributed by atoms with Gasteiger partial charge in [-0.3, -0.25) is 4.90 Å². The van der Waals surface area contributed by atoms with Gasteiger partial charge in [0.05, 0.1) is 31.9 Å². The van der Waals surface area contributed by atoms with E-state index in [0.717, 1.165) is 11.3 Å². The fourth-order valence-electron chi connectivity index (χ4n) is 3.71. The fourth-order valence-corrected chi connectivity index (χ4v) is 3.71. The van der Waals surface area contributed by atoms with E-state index in [1.807, 2.05) is 36.1 Å². The van der Waals surface area contributed by atoms with Gasteiger partial charge in [0.25, 0.3) is 0 Å². The van der Waals surface area contributed by atoms with E-state index in [1.54, 1.807) is 4.90 Å². The highest BCUT2D eigenvalue weighted by Gasteiger charge is 2.39. The average molecular weight is 360 g/mol. The normalized spacial score (nSPS) is 26.4. The number of urea groups is 2. The van der Waals surface area contributed by atoms with Gasteiger partial charge in [-0.05, 0) is 24.6 Å². The van der Waals surface area contributed by atoms with Gasteiger partial charge in [0, 0.05) is 25.3 Å². The number of anilines is 1. The van der Waals surface area contributed by atoms with Crippen LogP contribution in [-0.2, 0) is 9.47 Å². The molecule has 1 aromatic rings. The third-order valence-corrected chi connectivity index (χ3v) is 5.23. The third-order valence-electron chi connectivity index (χ3n) is 5.23. The largest absolute Gasteiger partial charge is 0.376 e. The first kappa shape index (κ1) is 17.1. The van der Waals surface area contributed by atoms with Crippen LogP contribution in [0.25, 0.3) is 0 Å². The summed E-state index contributed by atoms with van der Waals surface area (Å²) < 4.78 is 11.1. The van der Waals surface area contributed by atoms with Gasteiger partial charge in [0.15, 0.2) is 0 Å². The Bertz CT molecular complexity index is 680. The lowest BCUT2D eigenvalue weighted by Gasteiger charge is -2.36. The van der Waals surface area contributed by atoms with E-state index in [-0.39, 0.29) is 30.2 Å². The number of amides is 4. The molecule has 3 aliphatic rings. The number of fused-ring (bicyclic) bond motifs is 1. The van der Waals surface area contributed by atoms with Crippen molar-refractivity contribution in [3.63, 3.8) is 0 Å². The predicted octanol–water partition coefficient (Wildman–Crippen LogP) is 1.09. The van der Waals surface area contributed by atoms with E-state index < -0.39 is 0 Å². The molecular weight excluding hydrogens is 336 g/mol. The summed E-state index contributed by atoms with van der Waals surface area (Å²) in [7, 11) is 0. The molecule has 0 radical (unpaired) electrons. The Kier molecular flexibility index (Phi) is 4.69. The van der Waals surface area contributed by atoms with E-state index in [4.69, 9.17) is 9.47 Å². The standard InChI is InChI=1S/C18H24N4O4/c1-12(13-2-4-14(5-3-13)21-7-6-19-17(21)23)20-18(24)22-8-9-26-16-11-25-10-15(16)22/h2-5,12,15-16H,6-11H2,1H3,(H,19,23)(H,20,24)/t12?,15-,16-/m1/s1. The average Bonchev–Trinajstić information content (AvgIpc) is 3.30. The molecule has 1 aromatic carbocycles. The van der Waals surface area contributed by atoms with Crippen LogP contribution in [0, 0.1) is 0 Å². The van der Waals surface area contributed by atoms with Crippen LogP contribution >= 0.6 is 0 Å². The molecule has 4 amide bonds. The predicted molar refractivity (Wildman–Crippen MR) is 95.2 cm³/mol. The second-order valence-corrected chi connectivity index (χ2v) is 6.85. The molecule has 0 aliphatic carbocycles. The van der Waals surface area contributed by atoms with Crippen molar-refractivity contribution in [1.29, 1.82) is 0 Å². The van der Waals surface area contributed by atoms with Crippen LogP contribution in [0.3, 0.4) is 0 Å². The number of nitrogens with one attached hydrogen (secondary N) is 2. The Balaban J connectivity index is 1.39. The highest BCUT2D eigenvalue weighted by atomic mass is 16.6. The number of nitrogens with zero attached hydrogens (tertiary/aromatic N) is 2. The van der Waals surface area contributed by atoms with Crippen molar-refractivity contribution in [3.05, 3.63) is 29.8 Å². The number of rotatable bonds is 3. The molecule has 0 spiro atoms. The number of carbonyl (C=O) groups excluding carboxylic acids is 2. The summed E-state index contributed by atoms with van der Waals surface area (Å²) in [5.74, 6) is 0. The van der Waals surface area contributed by atoms with Gasteiger partial charge in [0.2, 0.25) is 0 Å². The Hall–Kier alpha value is -2.32. The maximum atomic E-state index is 12.7. The fraction of sp³-hybridized carbons (Fsp3) is 0.556. The van der Waals surface area contributed by atoms with Crippen molar-refractivity contribution >= 4 is 17.7 Å². The molecule has 140 valence electrons. The molecular formula is C18H24N4O4. The van der Waals surface area contributed by atoms with Crippen molar-refractivity contribution in [2.45, 2.75) is 25.1 Å². The van der Waals surface area contributed by atoms with Crippen LogP contribution in [0.5, 0.6) is 0 Å². The summed E-state index contributed by atoms with van der Waals surface area (Å²) in [6.07, 6.45) is -0.0179. The van der Waals surface area contributed by atoms with E-state index in [1.165, 1.54) is 0 Å². The van der Waals surface area contributed by atoms with E-state index in [2.05, 4.69) is 10.6 Å². The van der Waals surface area contributed by atoms with Gasteiger partial charge in [-0.1, -0.05) is 12.1 Å². The molecule has 4 rings (SSSR count). The van der Waals surface area contributed by atoms with Crippen molar-refractivity contribution in [1.82, 2.24) is 15.5 Å². The minimum Gasteiger partial charge on any atom is -0.376 e. The topological polar surface area (TPSA) is 83.1 Å². The van der Waals surface area contributed by atoms with E-state index in [0.29, 0.717) is 39.5 Å². The third kappa shape index (κ3) is 3.22. The summed E-state index contributed by atoms with van der Waals surface area (Å²) >= 11 is 0. The van der Waals surface area contributed by atoms with Crippen LogP contribution < -0.4 is 15.5 Å². The van der Waals surface area contributed by atoms with Crippen molar-refractivity contribution in [2.75, 3.05) is 44.4 Å². The Morgan fingerprint density at radius 1 is 1.27 bits per heavy atom. The van der Waals surface area contributed by atoms with Crippen molar-refractivity contribution < 1.29 is 19.1 Å². The maximum absolute atomic E-state index is 12.7. The summed E-state index contributed by atoms with van der Waals surface area (Å²) in [6, 6.07) is 7.43. The van der Waals surface area contributed by atoms with Gasteiger partial charge in [-0.15, -0.1) is 0 Å². The van der Waals surface area contributed by atoms with Crippen LogP contribution in [-0.4, -0.2) is 68.6 Å².